The molecule has 108 valence electrons. The Hall–Kier alpha value is -1.48. The van der Waals surface area contributed by atoms with Crippen LogP contribution in [0.4, 0.5) is 0 Å². The number of nitrogens with zero attached hydrogens (tertiary/aromatic N) is 1. The fraction of sp³-hybridized carbons (Fsp3) is 0.176. The topological polar surface area (TPSA) is 30.9 Å². The van der Waals surface area contributed by atoms with Gasteiger partial charge in [-0.2, -0.15) is 0 Å². The molecule has 0 aliphatic rings. The summed E-state index contributed by atoms with van der Waals surface area (Å²) in [6.07, 6.45) is 2.97. The van der Waals surface area contributed by atoms with Gasteiger partial charge in [0.25, 0.3) is 0 Å². The maximum atomic E-state index is 6.28. The highest BCUT2D eigenvalue weighted by molar-refractivity contribution is 6.42. The quantitative estimate of drug-likeness (QED) is 0.754. The van der Waals surface area contributed by atoms with Gasteiger partial charge in [-0.15, -0.1) is 0 Å². The molecular weight excluding hydrogens is 303 g/mol. The molecule has 1 heterocycles. The molecule has 2 aromatic carbocycles. The Labute approximate surface area is 134 Å². The van der Waals surface area contributed by atoms with Crippen LogP contribution in [0.25, 0.3) is 10.9 Å². The largest absolute Gasteiger partial charge is 0.343 e. The third-order valence-corrected chi connectivity index (χ3v) is 4.55. The van der Waals surface area contributed by atoms with E-state index in [1.165, 1.54) is 16.5 Å². The lowest BCUT2D eigenvalue weighted by Gasteiger charge is -2.09. The smallest absolute Gasteiger partial charge is 0.0642 e. The lowest BCUT2D eigenvalue weighted by molar-refractivity contribution is 0.837. The molecule has 0 atom stereocenters. The maximum absolute atomic E-state index is 6.28. The Morgan fingerprint density at radius 2 is 1.71 bits per heavy atom. The summed E-state index contributed by atoms with van der Waals surface area (Å²) in [4.78, 5) is 0. The molecule has 2 N–H and O–H groups in total. The van der Waals surface area contributed by atoms with Crippen LogP contribution in [0.5, 0.6) is 0 Å². The minimum absolute atomic E-state index is 0.592. The van der Waals surface area contributed by atoms with Crippen molar-refractivity contribution >= 4 is 34.1 Å². The predicted molar refractivity (Wildman–Crippen MR) is 90.3 cm³/mol. The Balaban J connectivity index is 2.02. The number of halogens is 2. The number of hydrogen-bond acceptors (Lipinski definition) is 1. The van der Waals surface area contributed by atoms with E-state index in [1.54, 1.807) is 6.07 Å². The second-order valence-electron chi connectivity index (χ2n) is 5.05. The Morgan fingerprint density at radius 1 is 0.952 bits per heavy atom. The highest BCUT2D eigenvalue weighted by Gasteiger charge is 2.08. The van der Waals surface area contributed by atoms with Gasteiger partial charge in [0.15, 0.2) is 0 Å². The summed E-state index contributed by atoms with van der Waals surface area (Å²) in [6.45, 7) is 1.36. The molecule has 0 fully saturated rings. The minimum atomic E-state index is 0.592. The summed E-state index contributed by atoms with van der Waals surface area (Å²) in [5.41, 5.74) is 9.17. The predicted octanol–water partition coefficient (Wildman–Crippen LogP) is 4.50. The molecule has 3 rings (SSSR count). The van der Waals surface area contributed by atoms with Crippen LogP contribution in [0.1, 0.15) is 11.1 Å². The van der Waals surface area contributed by atoms with Crippen molar-refractivity contribution in [2.75, 3.05) is 6.54 Å². The summed E-state index contributed by atoms with van der Waals surface area (Å²) >= 11 is 12.4. The van der Waals surface area contributed by atoms with Crippen LogP contribution in [-0.4, -0.2) is 11.1 Å². The molecule has 0 bridgehead atoms. The van der Waals surface area contributed by atoms with Crippen LogP contribution in [-0.2, 0) is 13.0 Å². The van der Waals surface area contributed by atoms with Gasteiger partial charge in [0, 0.05) is 23.6 Å². The molecule has 3 aromatic rings. The van der Waals surface area contributed by atoms with Gasteiger partial charge in [0.2, 0.25) is 0 Å². The summed E-state index contributed by atoms with van der Waals surface area (Å²) in [7, 11) is 0. The van der Waals surface area contributed by atoms with Crippen LogP contribution in [0, 0.1) is 0 Å². The Bertz CT molecular complexity index is 778. The van der Waals surface area contributed by atoms with Gasteiger partial charge in [-0.05, 0) is 42.3 Å². The van der Waals surface area contributed by atoms with Crippen LogP contribution in [0.3, 0.4) is 0 Å². The molecule has 4 heteroatoms. The van der Waals surface area contributed by atoms with Gasteiger partial charge in [-0.25, -0.2) is 0 Å². The fourth-order valence-electron chi connectivity index (χ4n) is 2.65. The second-order valence-corrected chi connectivity index (χ2v) is 5.83. The molecule has 0 saturated heterocycles. The van der Waals surface area contributed by atoms with E-state index in [1.807, 2.05) is 12.1 Å². The number of rotatable bonds is 4. The molecule has 21 heavy (non-hydrogen) atoms. The van der Waals surface area contributed by atoms with E-state index in [-0.39, 0.29) is 0 Å². The standard InChI is InChI=1S/C17H16Cl2N2/c18-15-5-1-4-13(17(15)19)11-21-10-8-14-12(7-9-20)3-2-6-16(14)21/h1-6,8,10H,7,9,11,20H2. The molecule has 0 radical (unpaired) electrons. The van der Waals surface area contributed by atoms with Gasteiger partial charge in [0.1, 0.15) is 0 Å². The van der Waals surface area contributed by atoms with Gasteiger partial charge in [-0.1, -0.05) is 47.5 Å². The van der Waals surface area contributed by atoms with E-state index in [0.29, 0.717) is 23.1 Å². The highest BCUT2D eigenvalue weighted by atomic mass is 35.5. The summed E-state index contributed by atoms with van der Waals surface area (Å²) in [6, 6.07) is 14.2. The molecule has 0 aliphatic carbocycles. The van der Waals surface area contributed by atoms with E-state index < -0.39 is 0 Å². The second kappa shape index (κ2) is 6.10. The van der Waals surface area contributed by atoms with Crippen molar-refractivity contribution in [1.29, 1.82) is 0 Å². The van der Waals surface area contributed by atoms with E-state index in [4.69, 9.17) is 28.9 Å². The van der Waals surface area contributed by atoms with Crippen molar-refractivity contribution in [1.82, 2.24) is 4.57 Å². The van der Waals surface area contributed by atoms with Crippen LogP contribution in [0.2, 0.25) is 10.0 Å². The van der Waals surface area contributed by atoms with Crippen molar-refractivity contribution in [2.45, 2.75) is 13.0 Å². The van der Waals surface area contributed by atoms with Crippen molar-refractivity contribution in [3.05, 3.63) is 69.8 Å². The van der Waals surface area contributed by atoms with E-state index in [0.717, 1.165) is 12.0 Å². The monoisotopic (exact) mass is 318 g/mol. The number of fused-ring (bicyclic) bond motifs is 1. The zero-order valence-electron chi connectivity index (χ0n) is 11.5. The molecular formula is C17H16Cl2N2. The lowest BCUT2D eigenvalue weighted by atomic mass is 10.1. The third-order valence-electron chi connectivity index (χ3n) is 3.69. The first-order chi connectivity index (χ1) is 10.2. The van der Waals surface area contributed by atoms with Gasteiger partial charge in [0.05, 0.1) is 10.0 Å². The molecule has 0 aliphatic heterocycles. The number of benzene rings is 2. The molecule has 0 amide bonds. The Morgan fingerprint density at radius 3 is 2.52 bits per heavy atom. The first-order valence-electron chi connectivity index (χ1n) is 6.90. The minimum Gasteiger partial charge on any atom is -0.343 e. The summed E-state index contributed by atoms with van der Waals surface area (Å²) < 4.78 is 2.19. The molecule has 0 spiro atoms. The lowest BCUT2D eigenvalue weighted by Crippen LogP contribution is -2.03. The summed E-state index contributed by atoms with van der Waals surface area (Å²) in [5, 5.41) is 2.47. The molecule has 0 unspecified atom stereocenters. The van der Waals surface area contributed by atoms with Crippen molar-refractivity contribution in [3.8, 4) is 0 Å². The average Bonchev–Trinajstić information content (AvgIpc) is 2.89. The third kappa shape index (κ3) is 2.80. The van der Waals surface area contributed by atoms with Crippen LogP contribution in [0.15, 0.2) is 48.7 Å². The summed E-state index contributed by atoms with van der Waals surface area (Å²) in [5.74, 6) is 0. The molecule has 0 saturated carbocycles. The van der Waals surface area contributed by atoms with Gasteiger partial charge in [-0.3, -0.25) is 0 Å². The normalized spacial score (nSPS) is 11.2. The zero-order chi connectivity index (χ0) is 14.8. The SMILES string of the molecule is NCCc1cccc2c1ccn2Cc1cccc(Cl)c1Cl. The average molecular weight is 319 g/mol. The first-order valence-corrected chi connectivity index (χ1v) is 7.66. The number of aromatic nitrogens is 1. The van der Waals surface area contributed by atoms with Gasteiger partial charge < -0.3 is 10.3 Å². The number of nitrogens with two attached hydrogens (primary N) is 1. The number of hydrogen-bond donors (Lipinski definition) is 1. The van der Waals surface area contributed by atoms with Crippen molar-refractivity contribution in [2.24, 2.45) is 5.73 Å². The maximum Gasteiger partial charge on any atom is 0.0642 e. The van der Waals surface area contributed by atoms with Gasteiger partial charge >= 0.3 is 0 Å². The van der Waals surface area contributed by atoms with Crippen LogP contribution >= 0.6 is 23.2 Å². The van der Waals surface area contributed by atoms with E-state index in [2.05, 4.69) is 35.0 Å². The van der Waals surface area contributed by atoms with Crippen molar-refractivity contribution in [3.63, 3.8) is 0 Å². The van der Waals surface area contributed by atoms with E-state index in [9.17, 15) is 0 Å². The molecule has 1 aromatic heterocycles. The fourth-order valence-corrected chi connectivity index (χ4v) is 3.03. The van der Waals surface area contributed by atoms with Crippen LogP contribution < -0.4 is 5.73 Å². The highest BCUT2D eigenvalue weighted by Crippen LogP contribution is 2.28. The first kappa shape index (κ1) is 14.5. The van der Waals surface area contributed by atoms with E-state index >= 15 is 0 Å². The zero-order valence-corrected chi connectivity index (χ0v) is 13.0. The molecule has 2 nitrogen and oxygen atoms in total. The Kier molecular flexibility index (Phi) is 4.20. The van der Waals surface area contributed by atoms with Crippen molar-refractivity contribution < 1.29 is 0 Å².